The van der Waals surface area contributed by atoms with E-state index in [-0.39, 0.29) is 16.5 Å². The molecule has 0 aliphatic heterocycles. The van der Waals surface area contributed by atoms with Crippen molar-refractivity contribution in [2.45, 2.75) is 6.92 Å². The van der Waals surface area contributed by atoms with Crippen LogP contribution in [0.25, 0.3) is 0 Å². The van der Waals surface area contributed by atoms with Crippen LogP contribution in [0.1, 0.15) is 15.9 Å². The fourth-order valence-corrected chi connectivity index (χ4v) is 1.92. The number of anilines is 1. The van der Waals surface area contributed by atoms with Gasteiger partial charge in [0.15, 0.2) is 16.7 Å². The lowest BCUT2D eigenvalue weighted by Crippen LogP contribution is -2.14. The highest BCUT2D eigenvalue weighted by Gasteiger charge is 2.13. The van der Waals surface area contributed by atoms with E-state index in [4.69, 9.17) is 16.3 Å². The van der Waals surface area contributed by atoms with E-state index in [1.807, 2.05) is 0 Å². The summed E-state index contributed by atoms with van der Waals surface area (Å²) in [5.41, 5.74) is 1.35. The van der Waals surface area contributed by atoms with Crippen LogP contribution in [0.2, 0.25) is 5.15 Å². The minimum Gasteiger partial charge on any atom is -0.494 e. The molecule has 1 N–H and O–H groups in total. The number of nitrogens with one attached hydrogen (secondary N) is 1. The summed E-state index contributed by atoms with van der Waals surface area (Å²) in [5.74, 6) is -0.990. The predicted octanol–water partition coefficient (Wildman–Crippen LogP) is 3.44. The Hall–Kier alpha value is -2.14. The minimum absolute atomic E-state index is 0.0807. The fourth-order valence-electron chi connectivity index (χ4n) is 1.67. The van der Waals surface area contributed by atoms with Gasteiger partial charge in [-0.15, -0.1) is 0 Å². The summed E-state index contributed by atoms with van der Waals surface area (Å²) in [7, 11) is 1.36. The highest BCUT2D eigenvalue weighted by Crippen LogP contribution is 2.24. The van der Waals surface area contributed by atoms with Crippen LogP contribution in [-0.2, 0) is 0 Å². The molecule has 2 aromatic rings. The molecule has 2 rings (SSSR count). The quantitative estimate of drug-likeness (QED) is 0.882. The second kappa shape index (κ2) is 5.88. The molecule has 0 aliphatic rings. The molecule has 0 spiro atoms. The Morgan fingerprint density at radius 3 is 2.75 bits per heavy atom. The molecule has 0 bridgehead atoms. The molecular weight excluding hydrogens is 283 g/mol. The standard InChI is InChI=1S/C14H12ClFN2O2/c1-8-5-6-17-13(15)12(8)18-14(19)9-3-4-11(20-2)10(16)7-9/h3-7H,1-2H3,(H,18,19). The number of aryl methyl sites for hydroxylation is 1. The zero-order valence-corrected chi connectivity index (χ0v) is 11.7. The van der Waals surface area contributed by atoms with Crippen LogP contribution in [0.15, 0.2) is 30.5 Å². The number of hydrogen-bond donors (Lipinski definition) is 1. The second-order valence-electron chi connectivity index (χ2n) is 4.10. The number of aromatic nitrogens is 1. The van der Waals surface area contributed by atoms with Gasteiger partial charge in [-0.1, -0.05) is 11.6 Å². The maximum Gasteiger partial charge on any atom is 0.255 e. The number of ether oxygens (including phenoxy) is 1. The Kier molecular flexibility index (Phi) is 4.20. The lowest BCUT2D eigenvalue weighted by Gasteiger charge is -2.10. The molecular formula is C14H12ClFN2O2. The topological polar surface area (TPSA) is 51.2 Å². The van der Waals surface area contributed by atoms with Crippen molar-refractivity contribution >= 4 is 23.2 Å². The minimum atomic E-state index is -0.603. The highest BCUT2D eigenvalue weighted by atomic mass is 35.5. The van der Waals surface area contributed by atoms with Gasteiger partial charge >= 0.3 is 0 Å². The summed E-state index contributed by atoms with van der Waals surface area (Å²) < 4.78 is 18.4. The first-order valence-corrected chi connectivity index (χ1v) is 6.16. The van der Waals surface area contributed by atoms with Crippen molar-refractivity contribution in [1.82, 2.24) is 4.98 Å². The molecule has 1 heterocycles. The van der Waals surface area contributed by atoms with Crippen molar-refractivity contribution in [3.63, 3.8) is 0 Å². The average molecular weight is 295 g/mol. The third kappa shape index (κ3) is 2.88. The van der Waals surface area contributed by atoms with E-state index in [9.17, 15) is 9.18 Å². The number of amides is 1. The van der Waals surface area contributed by atoms with Crippen LogP contribution in [0.3, 0.4) is 0 Å². The third-order valence-electron chi connectivity index (χ3n) is 2.77. The van der Waals surface area contributed by atoms with E-state index in [1.165, 1.54) is 19.2 Å². The SMILES string of the molecule is COc1ccc(C(=O)Nc2c(C)ccnc2Cl)cc1F. The maximum atomic E-state index is 13.6. The van der Waals surface area contributed by atoms with Gasteiger partial charge in [0.1, 0.15) is 0 Å². The van der Waals surface area contributed by atoms with Crippen LogP contribution in [-0.4, -0.2) is 18.0 Å². The summed E-state index contributed by atoms with van der Waals surface area (Å²) >= 11 is 5.92. The van der Waals surface area contributed by atoms with Crippen LogP contribution < -0.4 is 10.1 Å². The van der Waals surface area contributed by atoms with Crippen LogP contribution in [0.4, 0.5) is 10.1 Å². The smallest absolute Gasteiger partial charge is 0.255 e. The molecule has 20 heavy (non-hydrogen) atoms. The van der Waals surface area contributed by atoms with Crippen molar-refractivity contribution in [2.24, 2.45) is 0 Å². The van der Waals surface area contributed by atoms with E-state index < -0.39 is 11.7 Å². The second-order valence-corrected chi connectivity index (χ2v) is 4.46. The van der Waals surface area contributed by atoms with Gasteiger partial charge in [0.2, 0.25) is 0 Å². The third-order valence-corrected chi connectivity index (χ3v) is 3.05. The summed E-state index contributed by atoms with van der Waals surface area (Å²) in [6.45, 7) is 1.79. The van der Waals surface area contributed by atoms with Gasteiger partial charge in [0.25, 0.3) is 5.91 Å². The van der Waals surface area contributed by atoms with E-state index in [0.29, 0.717) is 5.69 Å². The van der Waals surface area contributed by atoms with Crippen molar-refractivity contribution < 1.29 is 13.9 Å². The first-order valence-electron chi connectivity index (χ1n) is 5.79. The van der Waals surface area contributed by atoms with Gasteiger partial charge in [-0.3, -0.25) is 4.79 Å². The Labute approximate surface area is 120 Å². The molecule has 0 atom stereocenters. The first-order chi connectivity index (χ1) is 9.52. The Morgan fingerprint density at radius 2 is 2.15 bits per heavy atom. The number of nitrogens with zero attached hydrogens (tertiary/aromatic N) is 1. The number of rotatable bonds is 3. The molecule has 0 radical (unpaired) electrons. The van der Waals surface area contributed by atoms with E-state index in [1.54, 1.807) is 19.2 Å². The lowest BCUT2D eigenvalue weighted by atomic mass is 10.2. The molecule has 4 nitrogen and oxygen atoms in total. The van der Waals surface area contributed by atoms with Crippen molar-refractivity contribution in [3.05, 3.63) is 52.6 Å². The zero-order valence-electron chi connectivity index (χ0n) is 10.9. The monoisotopic (exact) mass is 294 g/mol. The number of benzene rings is 1. The fraction of sp³-hybridized carbons (Fsp3) is 0.143. The molecule has 0 saturated heterocycles. The normalized spacial score (nSPS) is 10.2. The highest BCUT2D eigenvalue weighted by molar-refractivity contribution is 6.32. The molecule has 6 heteroatoms. The largest absolute Gasteiger partial charge is 0.494 e. The van der Waals surface area contributed by atoms with Crippen molar-refractivity contribution in [2.75, 3.05) is 12.4 Å². The lowest BCUT2D eigenvalue weighted by molar-refractivity contribution is 0.102. The van der Waals surface area contributed by atoms with E-state index in [2.05, 4.69) is 10.3 Å². The van der Waals surface area contributed by atoms with Gasteiger partial charge in [-0.2, -0.15) is 0 Å². The molecule has 0 fully saturated rings. The van der Waals surface area contributed by atoms with Crippen molar-refractivity contribution in [1.29, 1.82) is 0 Å². The zero-order chi connectivity index (χ0) is 14.7. The number of pyridine rings is 1. The van der Waals surface area contributed by atoms with Gasteiger partial charge in [-0.05, 0) is 36.8 Å². The first kappa shape index (κ1) is 14.3. The number of methoxy groups -OCH3 is 1. The number of hydrogen-bond acceptors (Lipinski definition) is 3. The Balaban J connectivity index is 2.26. The number of halogens is 2. The van der Waals surface area contributed by atoms with Gasteiger partial charge in [0, 0.05) is 11.8 Å². The van der Waals surface area contributed by atoms with Gasteiger partial charge < -0.3 is 10.1 Å². The summed E-state index contributed by atoms with van der Waals surface area (Å²) in [4.78, 5) is 16.0. The number of carbonyl (C=O) groups is 1. The summed E-state index contributed by atoms with van der Waals surface area (Å²) in [5, 5.41) is 2.81. The molecule has 104 valence electrons. The van der Waals surface area contributed by atoms with Gasteiger partial charge in [0.05, 0.1) is 12.8 Å². The Morgan fingerprint density at radius 1 is 1.40 bits per heavy atom. The molecule has 0 saturated carbocycles. The molecule has 1 aromatic carbocycles. The average Bonchev–Trinajstić information content (AvgIpc) is 2.42. The van der Waals surface area contributed by atoms with E-state index >= 15 is 0 Å². The Bertz CT molecular complexity index is 641. The van der Waals surface area contributed by atoms with Crippen LogP contribution in [0, 0.1) is 12.7 Å². The van der Waals surface area contributed by atoms with Crippen molar-refractivity contribution in [3.8, 4) is 5.75 Å². The van der Waals surface area contributed by atoms with Gasteiger partial charge in [-0.25, -0.2) is 9.37 Å². The number of carbonyl (C=O) groups excluding carboxylic acids is 1. The molecule has 0 aliphatic carbocycles. The van der Waals surface area contributed by atoms with E-state index in [0.717, 1.165) is 11.6 Å². The van der Waals surface area contributed by atoms with Crippen LogP contribution in [0.5, 0.6) is 5.75 Å². The molecule has 1 aromatic heterocycles. The summed E-state index contributed by atoms with van der Waals surface area (Å²) in [6, 6.07) is 5.68. The summed E-state index contributed by atoms with van der Waals surface area (Å²) in [6.07, 6.45) is 1.54. The maximum absolute atomic E-state index is 13.6. The molecule has 0 unspecified atom stereocenters. The molecule has 1 amide bonds. The predicted molar refractivity (Wildman–Crippen MR) is 74.9 cm³/mol. The van der Waals surface area contributed by atoms with Crippen LogP contribution >= 0.6 is 11.6 Å².